The Morgan fingerprint density at radius 3 is 3.12 bits per heavy atom. The minimum Gasteiger partial charge on any atom is -0.288 e. The molecule has 0 aliphatic rings. The van der Waals surface area contributed by atoms with Gasteiger partial charge in [-0.15, -0.1) is 0 Å². The Labute approximate surface area is 99.2 Å². The van der Waals surface area contributed by atoms with Crippen LogP contribution in [-0.2, 0) is 4.79 Å². The molecule has 4 heteroatoms. The molecule has 1 aromatic heterocycles. The van der Waals surface area contributed by atoms with E-state index in [-0.39, 0.29) is 5.12 Å². The Morgan fingerprint density at radius 1 is 1.62 bits per heavy atom. The Hall–Kier alpha value is -1.60. The van der Waals surface area contributed by atoms with Gasteiger partial charge in [0.1, 0.15) is 11.8 Å². The third-order valence-corrected chi connectivity index (χ3v) is 2.61. The molecule has 0 amide bonds. The van der Waals surface area contributed by atoms with Crippen LogP contribution in [0.3, 0.4) is 0 Å². The summed E-state index contributed by atoms with van der Waals surface area (Å²) in [5.74, 6) is 0.782. The first-order valence-corrected chi connectivity index (χ1v) is 5.88. The van der Waals surface area contributed by atoms with E-state index in [0.29, 0.717) is 5.69 Å². The number of aromatic nitrogens is 1. The molecule has 0 radical (unpaired) electrons. The number of carbonyl (C=O) groups is 1. The van der Waals surface area contributed by atoms with Crippen LogP contribution in [0.25, 0.3) is 6.08 Å². The average Bonchev–Trinajstić information content (AvgIpc) is 2.28. The molecule has 0 saturated carbocycles. The predicted molar refractivity (Wildman–Crippen MR) is 65.7 cm³/mol. The van der Waals surface area contributed by atoms with Crippen molar-refractivity contribution in [1.82, 2.24) is 4.98 Å². The summed E-state index contributed by atoms with van der Waals surface area (Å²) in [6.07, 6.45) is 4.64. The maximum absolute atomic E-state index is 10.7. The van der Waals surface area contributed by atoms with Crippen molar-refractivity contribution in [3.05, 3.63) is 35.7 Å². The van der Waals surface area contributed by atoms with Gasteiger partial charge in [-0.1, -0.05) is 23.9 Å². The van der Waals surface area contributed by atoms with Crippen molar-refractivity contribution in [3.8, 4) is 6.07 Å². The summed E-state index contributed by atoms with van der Waals surface area (Å²) in [7, 11) is 0. The number of nitrogens with zero attached hydrogens (tertiary/aromatic N) is 2. The van der Waals surface area contributed by atoms with E-state index in [1.54, 1.807) is 19.1 Å². The van der Waals surface area contributed by atoms with E-state index in [1.807, 2.05) is 24.3 Å². The van der Waals surface area contributed by atoms with E-state index in [1.165, 1.54) is 11.8 Å². The molecule has 0 aromatic carbocycles. The maximum atomic E-state index is 10.7. The molecule has 0 aliphatic carbocycles. The summed E-state index contributed by atoms with van der Waals surface area (Å²) in [5, 5.41) is 8.79. The predicted octanol–water partition coefficient (Wildman–Crippen LogP) is 2.64. The summed E-state index contributed by atoms with van der Waals surface area (Å²) >= 11 is 1.31. The molecule has 0 atom stereocenters. The van der Waals surface area contributed by atoms with E-state index in [4.69, 9.17) is 5.26 Å². The Kier molecular flexibility index (Phi) is 5.30. The van der Waals surface area contributed by atoms with Gasteiger partial charge in [0.2, 0.25) is 0 Å². The summed E-state index contributed by atoms with van der Waals surface area (Å²) < 4.78 is 0. The lowest BCUT2D eigenvalue weighted by Gasteiger charge is -1.94. The highest BCUT2D eigenvalue weighted by molar-refractivity contribution is 8.13. The molecule has 0 spiro atoms. The SMILES string of the molecule is CC(=O)SCCC=Cc1cccc(C#N)n1. The molecule has 1 rings (SSSR count). The van der Waals surface area contributed by atoms with E-state index >= 15 is 0 Å². The first kappa shape index (κ1) is 12.5. The van der Waals surface area contributed by atoms with Crippen LogP contribution in [0.5, 0.6) is 0 Å². The largest absolute Gasteiger partial charge is 0.288 e. The van der Waals surface area contributed by atoms with E-state index in [9.17, 15) is 4.79 Å². The summed E-state index contributed by atoms with van der Waals surface area (Å²) in [6, 6.07) is 7.30. The number of hydrogen-bond donors (Lipinski definition) is 0. The third kappa shape index (κ3) is 4.76. The van der Waals surface area contributed by atoms with Gasteiger partial charge in [-0.2, -0.15) is 5.26 Å². The topological polar surface area (TPSA) is 53.8 Å². The van der Waals surface area contributed by atoms with Crippen LogP contribution in [0.1, 0.15) is 24.7 Å². The van der Waals surface area contributed by atoms with Gasteiger partial charge in [-0.05, 0) is 24.6 Å². The number of allylic oxidation sites excluding steroid dienone is 1. The highest BCUT2D eigenvalue weighted by Gasteiger charge is 1.93. The average molecular weight is 232 g/mol. The first-order valence-electron chi connectivity index (χ1n) is 4.89. The number of hydrogen-bond acceptors (Lipinski definition) is 4. The normalized spacial score (nSPS) is 10.2. The number of thioether (sulfide) groups is 1. The molecule has 82 valence electrons. The monoisotopic (exact) mass is 232 g/mol. The number of pyridine rings is 1. The lowest BCUT2D eigenvalue weighted by atomic mass is 10.3. The van der Waals surface area contributed by atoms with Crippen molar-refractivity contribution in [1.29, 1.82) is 5.26 Å². The van der Waals surface area contributed by atoms with Crippen LogP contribution in [0.2, 0.25) is 0 Å². The lowest BCUT2D eigenvalue weighted by molar-refractivity contribution is -0.109. The van der Waals surface area contributed by atoms with Crippen LogP contribution >= 0.6 is 11.8 Å². The molecule has 0 aliphatic heterocycles. The van der Waals surface area contributed by atoms with Crippen molar-refractivity contribution in [2.75, 3.05) is 5.75 Å². The molecule has 0 bridgehead atoms. The smallest absolute Gasteiger partial charge is 0.185 e. The molecule has 0 saturated heterocycles. The first-order chi connectivity index (χ1) is 7.72. The zero-order valence-electron chi connectivity index (χ0n) is 9.01. The quantitative estimate of drug-likeness (QED) is 0.749. The van der Waals surface area contributed by atoms with Crippen LogP contribution in [0.15, 0.2) is 24.3 Å². The molecular formula is C12H12N2OS. The summed E-state index contributed by atoms with van der Waals surface area (Å²) in [4.78, 5) is 14.8. The molecule has 3 nitrogen and oxygen atoms in total. The number of nitriles is 1. The van der Waals surface area contributed by atoms with Crippen LogP contribution in [0.4, 0.5) is 0 Å². The standard InChI is InChI=1S/C12H12N2OS/c1-10(15)16-8-3-2-5-11-6-4-7-12(9-13)14-11/h2,4-7H,3,8H2,1H3. The van der Waals surface area contributed by atoms with Crippen LogP contribution in [0, 0.1) is 11.3 Å². The van der Waals surface area contributed by atoms with E-state index in [2.05, 4.69) is 4.98 Å². The fraction of sp³-hybridized carbons (Fsp3) is 0.250. The van der Waals surface area contributed by atoms with Gasteiger partial charge < -0.3 is 0 Å². The van der Waals surface area contributed by atoms with Gasteiger partial charge in [-0.25, -0.2) is 4.98 Å². The summed E-state index contributed by atoms with van der Waals surface area (Å²) in [6.45, 7) is 1.56. The minimum atomic E-state index is 0.137. The van der Waals surface area contributed by atoms with Gasteiger partial charge in [0, 0.05) is 12.7 Å². The Bertz CT molecular complexity index is 435. The van der Waals surface area contributed by atoms with Crippen molar-refractivity contribution in [2.24, 2.45) is 0 Å². The maximum Gasteiger partial charge on any atom is 0.185 e. The lowest BCUT2D eigenvalue weighted by Crippen LogP contribution is -1.86. The van der Waals surface area contributed by atoms with Gasteiger partial charge in [0.05, 0.1) is 5.69 Å². The number of carbonyl (C=O) groups excluding carboxylic acids is 1. The van der Waals surface area contributed by atoms with Crippen LogP contribution < -0.4 is 0 Å². The molecule has 0 fully saturated rings. The molecule has 16 heavy (non-hydrogen) atoms. The minimum absolute atomic E-state index is 0.137. The Morgan fingerprint density at radius 2 is 2.44 bits per heavy atom. The van der Waals surface area contributed by atoms with Crippen LogP contribution in [-0.4, -0.2) is 15.9 Å². The zero-order valence-corrected chi connectivity index (χ0v) is 9.83. The molecule has 0 unspecified atom stereocenters. The third-order valence-electron chi connectivity index (χ3n) is 1.76. The molecule has 0 N–H and O–H groups in total. The van der Waals surface area contributed by atoms with Gasteiger partial charge in [0.15, 0.2) is 5.12 Å². The van der Waals surface area contributed by atoms with Gasteiger partial charge >= 0.3 is 0 Å². The fourth-order valence-electron chi connectivity index (χ4n) is 1.08. The van der Waals surface area contributed by atoms with Gasteiger partial charge in [-0.3, -0.25) is 4.79 Å². The van der Waals surface area contributed by atoms with Crippen molar-refractivity contribution in [2.45, 2.75) is 13.3 Å². The van der Waals surface area contributed by atoms with Crippen molar-refractivity contribution in [3.63, 3.8) is 0 Å². The second-order valence-corrected chi connectivity index (χ2v) is 4.36. The highest BCUT2D eigenvalue weighted by Crippen LogP contribution is 2.06. The second-order valence-electron chi connectivity index (χ2n) is 3.09. The summed E-state index contributed by atoms with van der Waals surface area (Å²) in [5.41, 5.74) is 1.19. The zero-order chi connectivity index (χ0) is 11.8. The van der Waals surface area contributed by atoms with Crippen molar-refractivity contribution >= 4 is 23.0 Å². The highest BCUT2D eigenvalue weighted by atomic mass is 32.2. The van der Waals surface area contributed by atoms with E-state index in [0.717, 1.165) is 17.9 Å². The molecular weight excluding hydrogens is 220 g/mol. The second kappa shape index (κ2) is 6.81. The fourth-order valence-corrected chi connectivity index (χ4v) is 1.62. The molecule has 1 aromatic rings. The number of rotatable bonds is 4. The van der Waals surface area contributed by atoms with Crippen molar-refractivity contribution < 1.29 is 4.79 Å². The van der Waals surface area contributed by atoms with E-state index < -0.39 is 0 Å². The molecule has 1 heterocycles. The van der Waals surface area contributed by atoms with Gasteiger partial charge in [0.25, 0.3) is 0 Å². The Balaban J connectivity index is 2.44.